The average Bonchev–Trinajstić information content (AvgIpc) is 2.28. The summed E-state index contributed by atoms with van der Waals surface area (Å²) in [6.07, 6.45) is 0.727. The number of hydrogen-bond acceptors (Lipinski definition) is 4. The Hall–Kier alpha value is 0.830. The van der Waals surface area contributed by atoms with Crippen LogP contribution in [0.4, 0.5) is 8.39 Å². The van der Waals surface area contributed by atoms with Gasteiger partial charge in [-0.25, -0.2) is 4.44 Å². The van der Waals surface area contributed by atoms with E-state index in [0.29, 0.717) is 13.1 Å². The van der Waals surface area contributed by atoms with E-state index in [4.69, 9.17) is 4.52 Å². The molecule has 0 bridgehead atoms. The van der Waals surface area contributed by atoms with Crippen LogP contribution in [0.25, 0.3) is 0 Å². The van der Waals surface area contributed by atoms with Crippen LogP contribution in [0.1, 0.15) is 20.8 Å². The van der Waals surface area contributed by atoms with Gasteiger partial charge in [0, 0.05) is 20.2 Å². The lowest BCUT2D eigenvalue weighted by atomic mass is 10.8. The van der Waals surface area contributed by atoms with E-state index in [9.17, 15) is 8.39 Å². The second-order valence-electron chi connectivity index (χ2n) is 3.05. The summed E-state index contributed by atoms with van der Waals surface area (Å²) in [6, 6.07) is 0. The highest BCUT2D eigenvalue weighted by Gasteiger charge is 2.44. The zero-order chi connectivity index (χ0) is 12.3. The van der Waals surface area contributed by atoms with E-state index >= 15 is 0 Å². The van der Waals surface area contributed by atoms with E-state index in [1.54, 1.807) is 8.88 Å². The lowest BCUT2D eigenvalue weighted by Gasteiger charge is -2.43. The van der Waals surface area contributed by atoms with Crippen LogP contribution in [0.2, 0.25) is 0 Å². The predicted molar refractivity (Wildman–Crippen MR) is 67.7 cm³/mol. The smallest absolute Gasteiger partial charge is 0.312 e. The topological polar surface area (TPSA) is 28.1 Å². The Morgan fingerprint density at radius 3 is 2.31 bits per heavy atom. The highest BCUT2D eigenvalue weighted by Crippen LogP contribution is 2.78. The van der Waals surface area contributed by atoms with Gasteiger partial charge in [0.05, 0.1) is 8.22 Å². The van der Waals surface area contributed by atoms with Gasteiger partial charge in [-0.2, -0.15) is 17.4 Å². The van der Waals surface area contributed by atoms with Gasteiger partial charge in [0.1, 0.15) is 0 Å². The fraction of sp³-hybridized carbons (Fsp3) is 1.00. The van der Waals surface area contributed by atoms with Crippen molar-refractivity contribution >= 4 is 24.5 Å². The summed E-state index contributed by atoms with van der Waals surface area (Å²) in [5.74, 6) is 0. The summed E-state index contributed by atoms with van der Waals surface area (Å²) < 4.78 is 39.9. The van der Waals surface area contributed by atoms with Gasteiger partial charge in [0.15, 0.2) is 0 Å². The predicted octanol–water partition coefficient (Wildman–Crippen LogP) is 4.73. The van der Waals surface area contributed by atoms with Crippen LogP contribution in [0.15, 0.2) is 4.52 Å². The zero-order valence-corrected chi connectivity index (χ0v) is 12.7. The van der Waals surface area contributed by atoms with E-state index < -0.39 is 24.5 Å². The molecule has 0 spiro atoms. The minimum atomic E-state index is -3.53. The highest BCUT2D eigenvalue weighted by molar-refractivity contribution is 7.79. The van der Waals surface area contributed by atoms with Crippen LogP contribution in [0.3, 0.4) is 0 Å². The standard InChI is InChI=1S/C7H18F2N3OP3/c1-5-11-14(7-3)12(6-2)16(9,13-4)10-15(11)8/h5-7H2,1-4H3. The third-order valence-electron chi connectivity index (χ3n) is 2.27. The molecule has 1 rings (SSSR count). The van der Waals surface area contributed by atoms with Crippen molar-refractivity contribution in [3.8, 4) is 0 Å². The Bertz CT molecular complexity index is 294. The molecule has 3 atom stereocenters. The molecule has 0 fully saturated rings. The van der Waals surface area contributed by atoms with Gasteiger partial charge in [-0.1, -0.05) is 20.8 Å². The second-order valence-corrected chi connectivity index (χ2v) is 9.50. The summed E-state index contributed by atoms with van der Waals surface area (Å²) >= 11 is 0. The van der Waals surface area contributed by atoms with Crippen molar-refractivity contribution in [1.29, 1.82) is 0 Å². The van der Waals surface area contributed by atoms with E-state index in [1.807, 2.05) is 20.8 Å². The molecule has 0 aromatic heterocycles. The van der Waals surface area contributed by atoms with Crippen LogP contribution in [0.5, 0.6) is 0 Å². The molecular weight excluding hydrogens is 273 g/mol. The van der Waals surface area contributed by atoms with Gasteiger partial charge in [0.25, 0.3) is 8.53 Å². The molecule has 0 amide bonds. The molecule has 0 aromatic carbocycles. The molecule has 9 heteroatoms. The minimum Gasteiger partial charge on any atom is -0.312 e. The van der Waals surface area contributed by atoms with Crippen molar-refractivity contribution < 1.29 is 12.9 Å². The second kappa shape index (κ2) is 6.13. The Balaban J connectivity index is 3.13. The summed E-state index contributed by atoms with van der Waals surface area (Å²) in [6.45, 7) is 6.74. The van der Waals surface area contributed by atoms with Crippen LogP contribution in [-0.4, -0.2) is 35.2 Å². The molecule has 0 radical (unpaired) electrons. The van der Waals surface area contributed by atoms with Gasteiger partial charge in [-0.3, -0.25) is 0 Å². The number of rotatable bonds is 4. The third-order valence-corrected chi connectivity index (χ3v) is 10.3. The number of hydrogen-bond donors (Lipinski definition) is 0. The van der Waals surface area contributed by atoms with E-state index in [2.05, 4.69) is 4.52 Å². The first-order valence-electron chi connectivity index (χ1n) is 5.20. The van der Waals surface area contributed by atoms with Crippen LogP contribution < -0.4 is 0 Å². The van der Waals surface area contributed by atoms with E-state index in [-0.39, 0.29) is 0 Å². The Kier molecular flexibility index (Phi) is 5.71. The lowest BCUT2D eigenvalue weighted by Crippen LogP contribution is -2.26. The van der Waals surface area contributed by atoms with Crippen molar-refractivity contribution in [3.05, 3.63) is 0 Å². The van der Waals surface area contributed by atoms with Crippen molar-refractivity contribution in [3.63, 3.8) is 0 Å². The molecule has 3 unspecified atom stereocenters. The quantitative estimate of drug-likeness (QED) is 0.701. The van der Waals surface area contributed by atoms with E-state index in [1.165, 1.54) is 7.11 Å². The van der Waals surface area contributed by atoms with Gasteiger partial charge in [0.2, 0.25) is 0 Å². The zero-order valence-electron chi connectivity index (χ0n) is 9.97. The molecule has 0 aromatic rings. The molecule has 4 nitrogen and oxygen atoms in total. The third kappa shape index (κ3) is 2.63. The fourth-order valence-electron chi connectivity index (χ4n) is 1.59. The monoisotopic (exact) mass is 291 g/mol. The maximum absolute atomic E-state index is 14.4. The summed E-state index contributed by atoms with van der Waals surface area (Å²) in [4.78, 5) is 0. The van der Waals surface area contributed by atoms with Crippen LogP contribution >= 0.6 is 24.5 Å². The van der Waals surface area contributed by atoms with Crippen molar-refractivity contribution in [2.75, 3.05) is 26.4 Å². The summed E-state index contributed by atoms with van der Waals surface area (Å²) in [5, 5.41) is 0. The van der Waals surface area contributed by atoms with E-state index in [0.717, 1.165) is 6.16 Å². The van der Waals surface area contributed by atoms with Gasteiger partial charge in [-0.05, 0) is 6.16 Å². The molecule has 1 aliphatic heterocycles. The highest BCUT2D eigenvalue weighted by atomic mass is 31.3. The maximum Gasteiger partial charge on any atom is 0.341 e. The van der Waals surface area contributed by atoms with Crippen LogP contribution in [0, 0.1) is 0 Å². The van der Waals surface area contributed by atoms with Crippen molar-refractivity contribution in [2.24, 2.45) is 4.52 Å². The molecule has 0 saturated carbocycles. The molecular formula is C7H18F2N3OP3. The van der Waals surface area contributed by atoms with Crippen molar-refractivity contribution in [2.45, 2.75) is 20.8 Å². The van der Waals surface area contributed by atoms with Gasteiger partial charge >= 0.3 is 7.74 Å². The minimum absolute atomic E-state index is 0.501. The molecule has 0 N–H and O–H groups in total. The van der Waals surface area contributed by atoms with Gasteiger partial charge in [-0.15, -0.1) is 0 Å². The summed E-state index contributed by atoms with van der Waals surface area (Å²) in [5.41, 5.74) is 0. The first-order valence-corrected chi connectivity index (χ1v) is 9.27. The Morgan fingerprint density at radius 2 is 1.94 bits per heavy atom. The van der Waals surface area contributed by atoms with Gasteiger partial charge < -0.3 is 4.52 Å². The molecule has 0 aliphatic carbocycles. The first kappa shape index (κ1) is 14.9. The maximum atomic E-state index is 14.4. The fourth-order valence-corrected chi connectivity index (χ4v) is 9.76. The molecule has 1 heterocycles. The molecule has 16 heavy (non-hydrogen) atoms. The Labute approximate surface area is 98.5 Å². The SMILES string of the molecule is CCN1P(F)N=P(F)(OC)N(CC)P1CC. The van der Waals surface area contributed by atoms with Crippen LogP contribution in [-0.2, 0) is 4.52 Å². The summed E-state index contributed by atoms with van der Waals surface area (Å²) in [7, 11) is -5.45. The molecule has 96 valence electrons. The average molecular weight is 291 g/mol. The molecule has 0 saturated heterocycles. The molecule has 1 aliphatic rings. The first-order chi connectivity index (χ1) is 7.53. The van der Waals surface area contributed by atoms with Crippen molar-refractivity contribution in [1.82, 2.24) is 8.88 Å². The lowest BCUT2D eigenvalue weighted by molar-refractivity contribution is 0.377. The largest absolute Gasteiger partial charge is 0.341 e. The number of halogens is 2. The Morgan fingerprint density at radius 1 is 1.31 bits per heavy atom. The normalized spacial score (nSPS) is 37.4. The number of nitrogens with zero attached hydrogens (tertiary/aromatic N) is 3.